The van der Waals surface area contributed by atoms with Gasteiger partial charge in [-0.1, -0.05) is 0 Å². The molecule has 7 nitrogen and oxygen atoms in total. The van der Waals surface area contributed by atoms with Crippen LogP contribution in [0.2, 0.25) is 0 Å². The van der Waals surface area contributed by atoms with Crippen molar-refractivity contribution in [1.29, 1.82) is 0 Å². The van der Waals surface area contributed by atoms with Gasteiger partial charge in [-0.05, 0) is 84.9 Å². The highest BCUT2D eigenvalue weighted by Crippen LogP contribution is 2.34. The van der Waals surface area contributed by atoms with Crippen LogP contribution in [0.25, 0.3) is 0 Å². The summed E-state index contributed by atoms with van der Waals surface area (Å²) in [5.41, 5.74) is 1.83. The van der Waals surface area contributed by atoms with Crippen molar-refractivity contribution in [1.82, 2.24) is 4.90 Å². The summed E-state index contributed by atoms with van der Waals surface area (Å²) in [6.45, 7) is 6.55. The van der Waals surface area contributed by atoms with Gasteiger partial charge in [-0.2, -0.15) is 0 Å². The van der Waals surface area contributed by atoms with Gasteiger partial charge in [0.2, 0.25) is 0 Å². The van der Waals surface area contributed by atoms with Crippen molar-refractivity contribution in [3.63, 3.8) is 0 Å². The van der Waals surface area contributed by atoms with Gasteiger partial charge in [-0.3, -0.25) is 4.72 Å². The first kappa shape index (κ1) is 22.9. The lowest BCUT2D eigenvalue weighted by Gasteiger charge is -2.26. The van der Waals surface area contributed by atoms with Gasteiger partial charge >= 0.3 is 6.09 Å². The maximum Gasteiger partial charge on any atom is 0.410 e. The number of hydrogen-bond acceptors (Lipinski definition) is 6. The Kier molecular flexibility index (Phi) is 6.69. The monoisotopic (exact) mass is 516 g/mol. The SMILES string of the molecule is COc1cc2c(cc1NS(=O)(=O)c1ccc(Br)s1)CCN(C(=O)OC(C)(C)C)CC2. The molecule has 30 heavy (non-hydrogen) atoms. The standard InChI is InChI=1S/C20H25BrN2O5S2/c1-20(2,3)28-19(24)23-9-7-13-11-15(16(27-4)12-14(13)8-10-23)22-30(25,26)18-6-5-17(21)29-18/h5-6,11-12,22H,7-10H2,1-4H3. The molecule has 0 saturated carbocycles. The number of rotatable bonds is 4. The number of ether oxygens (including phenoxy) is 2. The van der Waals surface area contributed by atoms with E-state index in [1.165, 1.54) is 7.11 Å². The van der Waals surface area contributed by atoms with Crippen molar-refractivity contribution in [2.75, 3.05) is 24.9 Å². The molecule has 1 N–H and O–H groups in total. The van der Waals surface area contributed by atoms with E-state index in [1.807, 2.05) is 26.8 Å². The summed E-state index contributed by atoms with van der Waals surface area (Å²) in [5.74, 6) is 0.443. The van der Waals surface area contributed by atoms with Crippen molar-refractivity contribution in [2.45, 2.75) is 43.4 Å². The molecule has 0 spiro atoms. The number of hydrogen-bond donors (Lipinski definition) is 1. The number of nitrogens with zero attached hydrogens (tertiary/aromatic N) is 1. The minimum Gasteiger partial charge on any atom is -0.495 e. The number of carbonyl (C=O) groups excluding carboxylic acids is 1. The van der Waals surface area contributed by atoms with Crippen molar-refractivity contribution in [2.24, 2.45) is 0 Å². The Balaban J connectivity index is 1.83. The zero-order chi connectivity index (χ0) is 22.1. The van der Waals surface area contributed by atoms with Gasteiger partial charge in [0, 0.05) is 13.1 Å². The third-order valence-corrected chi connectivity index (χ3v) is 8.01. The van der Waals surface area contributed by atoms with Crippen LogP contribution in [-0.4, -0.2) is 45.2 Å². The maximum atomic E-state index is 12.7. The molecule has 1 aliphatic rings. The number of thiophene rings is 1. The minimum atomic E-state index is -3.73. The molecule has 0 atom stereocenters. The Morgan fingerprint density at radius 2 is 1.80 bits per heavy atom. The molecule has 0 radical (unpaired) electrons. The van der Waals surface area contributed by atoms with Gasteiger partial charge in [0.15, 0.2) is 0 Å². The quantitative estimate of drug-likeness (QED) is 0.638. The van der Waals surface area contributed by atoms with Crippen LogP contribution >= 0.6 is 27.3 Å². The van der Waals surface area contributed by atoms with Crippen molar-refractivity contribution in [3.8, 4) is 5.75 Å². The average molecular weight is 517 g/mol. The Labute approximate surface area is 189 Å². The smallest absolute Gasteiger partial charge is 0.410 e. The summed E-state index contributed by atoms with van der Waals surface area (Å²) < 4.78 is 40.0. The number of halogens is 1. The Morgan fingerprint density at radius 1 is 1.17 bits per heavy atom. The van der Waals surface area contributed by atoms with Crippen LogP contribution in [0.1, 0.15) is 31.9 Å². The van der Waals surface area contributed by atoms with E-state index in [0.717, 1.165) is 26.3 Å². The fourth-order valence-corrected chi connectivity index (χ4v) is 6.22. The molecule has 1 aromatic carbocycles. The second kappa shape index (κ2) is 8.76. The lowest BCUT2D eigenvalue weighted by molar-refractivity contribution is 0.0258. The third-order valence-electron chi connectivity index (χ3n) is 4.53. The Bertz CT molecular complexity index is 1040. The molecule has 164 valence electrons. The Hall–Kier alpha value is -1.78. The van der Waals surface area contributed by atoms with E-state index < -0.39 is 15.6 Å². The average Bonchev–Trinajstić information content (AvgIpc) is 2.97. The first-order valence-electron chi connectivity index (χ1n) is 9.44. The minimum absolute atomic E-state index is 0.211. The predicted molar refractivity (Wildman–Crippen MR) is 121 cm³/mol. The molecule has 2 aromatic rings. The molecule has 0 aliphatic carbocycles. The third kappa shape index (κ3) is 5.47. The molecule has 2 heterocycles. The van der Waals surface area contributed by atoms with Gasteiger partial charge in [0.25, 0.3) is 10.0 Å². The summed E-state index contributed by atoms with van der Waals surface area (Å²) in [5, 5.41) is 0. The molecule has 0 saturated heterocycles. The zero-order valence-electron chi connectivity index (χ0n) is 17.3. The zero-order valence-corrected chi connectivity index (χ0v) is 20.5. The summed E-state index contributed by atoms with van der Waals surface area (Å²) in [7, 11) is -2.23. The number of carbonyl (C=O) groups is 1. The second-order valence-electron chi connectivity index (χ2n) is 7.95. The van der Waals surface area contributed by atoms with E-state index in [1.54, 1.807) is 23.1 Å². The summed E-state index contributed by atoms with van der Waals surface area (Å²) in [4.78, 5) is 14.1. The molecular weight excluding hydrogens is 492 g/mol. The number of nitrogens with one attached hydrogen (secondary N) is 1. The van der Waals surface area contributed by atoms with Crippen LogP contribution in [0.5, 0.6) is 5.75 Å². The largest absolute Gasteiger partial charge is 0.495 e. The normalized spacial score (nSPS) is 14.6. The number of fused-ring (bicyclic) bond motifs is 1. The number of anilines is 1. The van der Waals surface area contributed by atoms with Gasteiger partial charge in [0.1, 0.15) is 15.6 Å². The van der Waals surface area contributed by atoms with E-state index in [2.05, 4.69) is 20.7 Å². The molecule has 10 heteroatoms. The first-order chi connectivity index (χ1) is 14.0. The van der Waals surface area contributed by atoms with Gasteiger partial charge in [-0.15, -0.1) is 11.3 Å². The fraction of sp³-hybridized carbons (Fsp3) is 0.450. The molecule has 1 aromatic heterocycles. The number of amides is 1. The lowest BCUT2D eigenvalue weighted by atomic mass is 10.0. The highest BCUT2D eigenvalue weighted by molar-refractivity contribution is 9.11. The molecule has 0 bridgehead atoms. The number of benzene rings is 1. The predicted octanol–water partition coefficient (Wildman–Crippen LogP) is 4.66. The van der Waals surface area contributed by atoms with Crippen LogP contribution < -0.4 is 9.46 Å². The van der Waals surface area contributed by atoms with Crippen molar-refractivity contribution >= 4 is 49.1 Å². The molecule has 0 fully saturated rings. The summed E-state index contributed by atoms with van der Waals surface area (Å²) >= 11 is 4.43. The lowest BCUT2D eigenvalue weighted by Crippen LogP contribution is -2.38. The molecule has 1 amide bonds. The molecule has 3 rings (SSSR count). The van der Waals surface area contributed by atoms with Crippen LogP contribution in [0, 0.1) is 0 Å². The molecular formula is C20H25BrN2O5S2. The fourth-order valence-electron chi connectivity index (χ4n) is 3.15. The summed E-state index contributed by atoms with van der Waals surface area (Å²) in [6.07, 6.45) is 0.889. The second-order valence-corrected chi connectivity index (χ2v) is 12.3. The van der Waals surface area contributed by atoms with Crippen molar-refractivity contribution < 1.29 is 22.7 Å². The van der Waals surface area contributed by atoms with Crippen LogP contribution in [0.15, 0.2) is 32.3 Å². The maximum absolute atomic E-state index is 12.7. The highest BCUT2D eigenvalue weighted by Gasteiger charge is 2.26. The Morgan fingerprint density at radius 3 is 2.33 bits per heavy atom. The van der Waals surface area contributed by atoms with E-state index in [4.69, 9.17) is 9.47 Å². The number of sulfonamides is 1. The van der Waals surface area contributed by atoms with E-state index >= 15 is 0 Å². The van der Waals surface area contributed by atoms with E-state index in [9.17, 15) is 13.2 Å². The van der Waals surface area contributed by atoms with Crippen LogP contribution in [0.4, 0.5) is 10.5 Å². The van der Waals surface area contributed by atoms with E-state index in [-0.39, 0.29) is 10.3 Å². The first-order valence-corrected chi connectivity index (χ1v) is 12.5. The van der Waals surface area contributed by atoms with Crippen molar-refractivity contribution in [3.05, 3.63) is 39.2 Å². The van der Waals surface area contributed by atoms with Gasteiger partial charge in [-0.25, -0.2) is 13.2 Å². The topological polar surface area (TPSA) is 84.9 Å². The van der Waals surface area contributed by atoms with Crippen LogP contribution in [-0.2, 0) is 27.6 Å². The number of methoxy groups -OCH3 is 1. The molecule has 1 aliphatic heterocycles. The summed E-state index contributed by atoms with van der Waals surface area (Å²) in [6, 6.07) is 6.88. The van der Waals surface area contributed by atoms with Gasteiger partial charge < -0.3 is 14.4 Å². The molecule has 0 unspecified atom stereocenters. The van der Waals surface area contributed by atoms with Gasteiger partial charge in [0.05, 0.1) is 16.6 Å². The van der Waals surface area contributed by atoms with E-state index in [0.29, 0.717) is 37.4 Å². The van der Waals surface area contributed by atoms with Crippen LogP contribution in [0.3, 0.4) is 0 Å². The highest BCUT2D eigenvalue weighted by atomic mass is 79.9.